The van der Waals surface area contributed by atoms with Gasteiger partial charge in [0.25, 0.3) is 5.91 Å². The van der Waals surface area contributed by atoms with Crippen molar-refractivity contribution in [2.45, 2.75) is 39.3 Å². The van der Waals surface area contributed by atoms with Crippen LogP contribution in [0.4, 0.5) is 0 Å². The predicted octanol–water partition coefficient (Wildman–Crippen LogP) is 4.19. The number of nitrogens with one attached hydrogen (secondary N) is 1. The Labute approximate surface area is 131 Å². The van der Waals surface area contributed by atoms with Crippen molar-refractivity contribution in [2.75, 3.05) is 0 Å². The van der Waals surface area contributed by atoms with E-state index in [-0.39, 0.29) is 5.91 Å². The molecule has 3 rings (SSSR count). The lowest BCUT2D eigenvalue weighted by atomic mass is 10.3. The quantitative estimate of drug-likeness (QED) is 0.879. The van der Waals surface area contributed by atoms with Crippen molar-refractivity contribution in [1.82, 2.24) is 9.88 Å². The molecule has 0 radical (unpaired) electrons. The van der Waals surface area contributed by atoms with Crippen molar-refractivity contribution >= 4 is 33.2 Å². The zero-order chi connectivity index (χ0) is 14.3. The van der Waals surface area contributed by atoms with Gasteiger partial charge in [-0.15, -0.1) is 11.3 Å². The van der Waals surface area contributed by atoms with E-state index in [0.29, 0.717) is 12.6 Å². The maximum absolute atomic E-state index is 12.3. The van der Waals surface area contributed by atoms with Crippen LogP contribution in [-0.4, -0.2) is 10.5 Å². The number of amides is 1. The van der Waals surface area contributed by atoms with Gasteiger partial charge in [-0.2, -0.15) is 0 Å². The number of carbonyl (C=O) groups excluding carboxylic acids is 1. The fourth-order valence-electron chi connectivity index (χ4n) is 2.28. The molecular weight excluding hydrogens is 336 g/mol. The number of hydrogen-bond acceptors (Lipinski definition) is 2. The second-order valence-electron chi connectivity index (χ2n) is 5.32. The molecule has 2 aromatic rings. The molecule has 1 amide bonds. The number of halogens is 1. The summed E-state index contributed by atoms with van der Waals surface area (Å²) in [4.78, 5) is 14.9. The molecule has 2 aromatic heterocycles. The van der Waals surface area contributed by atoms with Gasteiger partial charge in [0.15, 0.2) is 0 Å². The summed E-state index contributed by atoms with van der Waals surface area (Å²) in [6.07, 6.45) is 4.35. The Kier molecular flexibility index (Phi) is 3.73. The predicted molar refractivity (Wildman–Crippen MR) is 85.4 cm³/mol. The van der Waals surface area contributed by atoms with Crippen LogP contribution in [0, 0.1) is 13.8 Å². The molecule has 5 heteroatoms. The van der Waals surface area contributed by atoms with E-state index in [1.165, 1.54) is 28.2 Å². The van der Waals surface area contributed by atoms with Crippen molar-refractivity contribution in [2.24, 2.45) is 0 Å². The Morgan fingerprint density at radius 3 is 2.80 bits per heavy atom. The van der Waals surface area contributed by atoms with Crippen LogP contribution in [0.5, 0.6) is 0 Å². The van der Waals surface area contributed by atoms with Crippen LogP contribution in [-0.2, 0) is 6.54 Å². The first-order valence-electron chi connectivity index (χ1n) is 6.76. The molecule has 3 nitrogen and oxygen atoms in total. The fraction of sp³-hybridized carbons (Fsp3) is 0.400. The van der Waals surface area contributed by atoms with Gasteiger partial charge in [0.05, 0.1) is 6.54 Å². The Morgan fingerprint density at radius 1 is 1.45 bits per heavy atom. The summed E-state index contributed by atoms with van der Waals surface area (Å²) in [5.74, 6) is 0.00584. The highest BCUT2D eigenvalue weighted by atomic mass is 79.9. The summed E-state index contributed by atoms with van der Waals surface area (Å²) < 4.78 is 3.06. The summed E-state index contributed by atoms with van der Waals surface area (Å²) in [6.45, 7) is 4.82. The lowest BCUT2D eigenvalue weighted by Gasteiger charge is -2.07. The zero-order valence-electron chi connectivity index (χ0n) is 11.6. The monoisotopic (exact) mass is 352 g/mol. The highest BCUT2D eigenvalue weighted by molar-refractivity contribution is 9.10. The van der Waals surface area contributed by atoms with Crippen LogP contribution < -0.4 is 5.32 Å². The van der Waals surface area contributed by atoms with Crippen LogP contribution in [0.25, 0.3) is 0 Å². The van der Waals surface area contributed by atoms with E-state index in [1.54, 1.807) is 11.3 Å². The lowest BCUT2D eigenvalue weighted by Crippen LogP contribution is -2.24. The smallest absolute Gasteiger partial charge is 0.268 e. The largest absolute Gasteiger partial charge is 0.346 e. The summed E-state index contributed by atoms with van der Waals surface area (Å²) in [7, 11) is 0. The minimum absolute atomic E-state index is 0.00584. The van der Waals surface area contributed by atoms with E-state index in [4.69, 9.17) is 0 Å². The molecule has 1 fully saturated rings. The molecule has 1 saturated carbocycles. The highest BCUT2D eigenvalue weighted by Crippen LogP contribution is 2.37. The molecule has 1 N–H and O–H groups in total. The van der Waals surface area contributed by atoms with Crippen molar-refractivity contribution in [3.8, 4) is 0 Å². The number of aryl methyl sites for hydroxylation is 2. The second-order valence-corrected chi connectivity index (χ2v) is 7.57. The van der Waals surface area contributed by atoms with Crippen LogP contribution in [0.2, 0.25) is 0 Å². The van der Waals surface area contributed by atoms with Gasteiger partial charge in [-0.1, -0.05) is 0 Å². The van der Waals surface area contributed by atoms with E-state index in [2.05, 4.69) is 45.7 Å². The molecule has 2 heterocycles. The average molecular weight is 353 g/mol. The molecule has 0 saturated heterocycles. The van der Waals surface area contributed by atoms with Gasteiger partial charge in [-0.3, -0.25) is 4.79 Å². The van der Waals surface area contributed by atoms with E-state index < -0.39 is 0 Å². The van der Waals surface area contributed by atoms with Gasteiger partial charge in [0.2, 0.25) is 0 Å². The van der Waals surface area contributed by atoms with Crippen molar-refractivity contribution < 1.29 is 4.79 Å². The van der Waals surface area contributed by atoms with Crippen molar-refractivity contribution in [3.63, 3.8) is 0 Å². The molecule has 1 aliphatic rings. The third kappa shape index (κ3) is 2.83. The van der Waals surface area contributed by atoms with Gasteiger partial charge in [-0.25, -0.2) is 0 Å². The van der Waals surface area contributed by atoms with E-state index >= 15 is 0 Å². The summed E-state index contributed by atoms with van der Waals surface area (Å²) >= 11 is 5.21. The van der Waals surface area contributed by atoms with E-state index in [1.807, 2.05) is 12.3 Å². The van der Waals surface area contributed by atoms with E-state index in [0.717, 1.165) is 10.2 Å². The maximum atomic E-state index is 12.3. The average Bonchev–Trinajstić information content (AvgIpc) is 3.10. The molecule has 0 atom stereocenters. The molecular formula is C15H17BrN2OS. The molecule has 0 aliphatic heterocycles. The van der Waals surface area contributed by atoms with Crippen molar-refractivity contribution in [1.29, 1.82) is 0 Å². The molecule has 0 unspecified atom stereocenters. The third-order valence-corrected chi connectivity index (χ3v) is 5.21. The molecule has 0 spiro atoms. The van der Waals surface area contributed by atoms with Gasteiger partial charge in [-0.05, 0) is 60.3 Å². The normalized spacial score (nSPS) is 14.6. The first kappa shape index (κ1) is 13.9. The SMILES string of the molecule is Cc1cc(CNC(=O)c2cc(Br)cn2C2CC2)sc1C. The first-order valence-corrected chi connectivity index (χ1v) is 8.37. The van der Waals surface area contributed by atoms with Crippen molar-refractivity contribution in [3.05, 3.63) is 43.8 Å². The Morgan fingerprint density at radius 2 is 2.20 bits per heavy atom. The summed E-state index contributed by atoms with van der Waals surface area (Å²) in [5.41, 5.74) is 2.05. The fourth-order valence-corrected chi connectivity index (χ4v) is 3.71. The molecule has 1 aliphatic carbocycles. The van der Waals surface area contributed by atoms with Gasteiger partial charge in [0, 0.05) is 26.5 Å². The number of carbonyl (C=O) groups is 1. The number of aromatic nitrogens is 1. The summed E-state index contributed by atoms with van der Waals surface area (Å²) in [5, 5.41) is 3.02. The topological polar surface area (TPSA) is 34.0 Å². The Hall–Kier alpha value is -1.07. The second kappa shape index (κ2) is 5.37. The summed E-state index contributed by atoms with van der Waals surface area (Å²) in [6, 6.07) is 4.56. The third-order valence-electron chi connectivity index (χ3n) is 3.63. The highest BCUT2D eigenvalue weighted by Gasteiger charge is 2.27. The van der Waals surface area contributed by atoms with Crippen LogP contribution in [0.3, 0.4) is 0 Å². The molecule has 106 valence electrons. The number of hydrogen-bond donors (Lipinski definition) is 1. The minimum Gasteiger partial charge on any atom is -0.346 e. The zero-order valence-corrected chi connectivity index (χ0v) is 14.0. The van der Waals surface area contributed by atoms with Crippen LogP contribution >= 0.6 is 27.3 Å². The molecule has 20 heavy (non-hydrogen) atoms. The van der Waals surface area contributed by atoms with E-state index in [9.17, 15) is 4.79 Å². The maximum Gasteiger partial charge on any atom is 0.268 e. The van der Waals surface area contributed by atoms with Gasteiger partial charge < -0.3 is 9.88 Å². The van der Waals surface area contributed by atoms with Gasteiger partial charge in [0.1, 0.15) is 5.69 Å². The van der Waals surface area contributed by atoms with Crippen LogP contribution in [0.15, 0.2) is 22.8 Å². The number of nitrogens with zero attached hydrogens (tertiary/aromatic N) is 1. The van der Waals surface area contributed by atoms with Gasteiger partial charge >= 0.3 is 0 Å². The minimum atomic E-state index is 0.00584. The lowest BCUT2D eigenvalue weighted by molar-refractivity contribution is 0.0942. The number of thiophene rings is 1. The molecule has 0 aromatic carbocycles. The Balaban J connectivity index is 1.70. The Bertz CT molecular complexity index is 635. The van der Waals surface area contributed by atoms with Crippen LogP contribution in [0.1, 0.15) is 44.7 Å². The number of rotatable bonds is 4. The standard InChI is InChI=1S/C15H17BrN2OS/c1-9-5-13(20-10(9)2)7-17-15(19)14-6-11(16)8-18(14)12-3-4-12/h5-6,8,12H,3-4,7H2,1-2H3,(H,17,19). The first-order chi connectivity index (χ1) is 9.54. The molecule has 0 bridgehead atoms.